The molecule has 1 saturated heterocycles. The number of esters is 1. The molecule has 2 aromatic rings. The van der Waals surface area contributed by atoms with Gasteiger partial charge < -0.3 is 30.3 Å². The number of piperidine rings is 1. The fraction of sp³-hybridized carbons (Fsp3) is 0.464. The molecule has 0 saturated carbocycles. The summed E-state index contributed by atoms with van der Waals surface area (Å²) in [6.07, 6.45) is 3.32. The van der Waals surface area contributed by atoms with Crippen molar-refractivity contribution in [3.05, 3.63) is 59.2 Å². The molecule has 2 aliphatic rings. The molecule has 0 amide bonds. The van der Waals surface area contributed by atoms with Crippen LogP contribution in [-0.2, 0) is 22.5 Å². The minimum Gasteiger partial charge on any atom is -0.490 e. The van der Waals surface area contributed by atoms with Crippen LogP contribution in [0.1, 0.15) is 49.5 Å². The summed E-state index contributed by atoms with van der Waals surface area (Å²) in [5.74, 6) is 0.915. The van der Waals surface area contributed by atoms with Gasteiger partial charge in [0.05, 0.1) is 6.61 Å². The summed E-state index contributed by atoms with van der Waals surface area (Å²) >= 11 is 0. The molecule has 1 fully saturated rings. The Morgan fingerprint density at radius 1 is 1.11 bits per heavy atom. The fourth-order valence-electron chi connectivity index (χ4n) is 4.84. The molecule has 4 rings (SSSR count). The first-order valence-corrected chi connectivity index (χ1v) is 12.9. The van der Waals surface area contributed by atoms with Gasteiger partial charge in [0.25, 0.3) is 0 Å². The van der Waals surface area contributed by atoms with Gasteiger partial charge in [0.15, 0.2) is 5.96 Å². The van der Waals surface area contributed by atoms with Crippen molar-refractivity contribution in [3.63, 3.8) is 0 Å². The maximum Gasteiger partial charge on any atom is 0.352 e. The Morgan fingerprint density at radius 3 is 2.46 bits per heavy atom. The van der Waals surface area contributed by atoms with E-state index in [1.54, 1.807) is 6.92 Å². The van der Waals surface area contributed by atoms with Crippen LogP contribution in [0, 0.1) is 10.8 Å². The van der Waals surface area contributed by atoms with Crippen LogP contribution in [0.4, 0.5) is 0 Å². The highest BCUT2D eigenvalue weighted by Crippen LogP contribution is 2.29. The number of ether oxygens (including phenoxy) is 3. The number of fused-ring (bicyclic) bond motifs is 1. The molecule has 9 heteroatoms. The lowest BCUT2D eigenvalue weighted by Gasteiger charge is -2.34. The number of likely N-dealkylation sites (tertiary alicyclic amines) is 1. The van der Waals surface area contributed by atoms with Crippen molar-refractivity contribution < 1.29 is 19.0 Å². The number of carbonyl (C=O) groups excluding carboxylic acids is 1. The maximum atomic E-state index is 12.8. The summed E-state index contributed by atoms with van der Waals surface area (Å²) < 4.78 is 17.7. The van der Waals surface area contributed by atoms with Crippen molar-refractivity contribution in [1.29, 1.82) is 10.8 Å². The van der Waals surface area contributed by atoms with E-state index in [2.05, 4.69) is 4.90 Å². The molecule has 198 valence electrons. The Balaban J connectivity index is 1.44. The lowest BCUT2D eigenvalue weighted by Crippen LogP contribution is -2.43. The highest BCUT2D eigenvalue weighted by Gasteiger charge is 2.27. The van der Waals surface area contributed by atoms with E-state index in [9.17, 15) is 4.79 Å². The van der Waals surface area contributed by atoms with Crippen molar-refractivity contribution in [3.8, 4) is 11.5 Å². The Kier molecular flexibility index (Phi) is 8.66. The van der Waals surface area contributed by atoms with Crippen LogP contribution in [0.25, 0.3) is 0 Å². The van der Waals surface area contributed by atoms with Crippen LogP contribution in [0.5, 0.6) is 11.5 Å². The second kappa shape index (κ2) is 12.1. The Morgan fingerprint density at radius 2 is 1.81 bits per heavy atom. The summed E-state index contributed by atoms with van der Waals surface area (Å²) in [6.45, 7) is 7.13. The minimum absolute atomic E-state index is 0.0511. The Labute approximate surface area is 218 Å². The predicted molar refractivity (Wildman–Crippen MR) is 142 cm³/mol. The average molecular weight is 508 g/mol. The topological polar surface area (TPSA) is 125 Å². The smallest absolute Gasteiger partial charge is 0.352 e. The van der Waals surface area contributed by atoms with Crippen molar-refractivity contribution in [2.75, 3.05) is 26.2 Å². The average Bonchev–Trinajstić information content (AvgIpc) is 2.92. The van der Waals surface area contributed by atoms with Crippen LogP contribution >= 0.6 is 0 Å². The minimum atomic E-state index is -0.912. The first kappa shape index (κ1) is 26.5. The van der Waals surface area contributed by atoms with Crippen molar-refractivity contribution >= 4 is 18.1 Å². The van der Waals surface area contributed by atoms with E-state index < -0.39 is 12.1 Å². The lowest BCUT2D eigenvalue weighted by molar-refractivity contribution is -0.151. The van der Waals surface area contributed by atoms with Gasteiger partial charge in [-0.2, -0.15) is 0 Å². The fourth-order valence-corrected chi connectivity index (χ4v) is 4.84. The molecule has 2 aliphatic heterocycles. The molecule has 0 aromatic heterocycles. The number of guanidine groups is 1. The molecule has 0 spiro atoms. The SMILES string of the molecule is CCOC(=O)C(Oc1ccc2c(c1)CN(C(=N)N)CC2)c1ccc(OC2CCN(C(C)C=N)CC2)cc1. The summed E-state index contributed by atoms with van der Waals surface area (Å²) in [6, 6.07) is 13.4. The molecule has 4 N–H and O–H groups in total. The third-order valence-corrected chi connectivity index (χ3v) is 7.06. The summed E-state index contributed by atoms with van der Waals surface area (Å²) in [5.41, 5.74) is 8.59. The molecule has 2 aromatic carbocycles. The molecule has 0 radical (unpaired) electrons. The molecule has 2 unspecified atom stereocenters. The lowest BCUT2D eigenvalue weighted by atomic mass is 9.99. The van der Waals surface area contributed by atoms with Gasteiger partial charge in [-0.05, 0) is 68.5 Å². The van der Waals surface area contributed by atoms with Gasteiger partial charge in [-0.3, -0.25) is 10.3 Å². The summed E-state index contributed by atoms with van der Waals surface area (Å²) in [7, 11) is 0. The van der Waals surface area contributed by atoms with Gasteiger partial charge >= 0.3 is 5.97 Å². The number of nitrogens with zero attached hydrogens (tertiary/aromatic N) is 2. The molecule has 2 heterocycles. The van der Waals surface area contributed by atoms with E-state index in [1.165, 1.54) is 11.8 Å². The summed E-state index contributed by atoms with van der Waals surface area (Å²) in [5, 5.41) is 15.2. The molecule has 0 bridgehead atoms. The van der Waals surface area contributed by atoms with Gasteiger partial charge in [-0.1, -0.05) is 18.2 Å². The van der Waals surface area contributed by atoms with Gasteiger partial charge in [0.1, 0.15) is 17.6 Å². The number of rotatable bonds is 9. The standard InChI is InChI=1S/C28H37N5O4/c1-3-35-27(34)26(37-25-9-4-20-10-13-33(28(30)31)18-22(20)16-25)21-5-7-23(8-6-21)36-24-11-14-32(15-12-24)19(2)17-29/h4-9,16-17,19,24,26,29H,3,10-15,18H2,1-2H3,(H3,30,31). The largest absolute Gasteiger partial charge is 0.490 e. The van der Waals surface area contributed by atoms with E-state index >= 15 is 0 Å². The second-order valence-corrected chi connectivity index (χ2v) is 9.57. The molecule has 9 nitrogen and oxygen atoms in total. The Bertz CT molecular complexity index is 1100. The highest BCUT2D eigenvalue weighted by atomic mass is 16.6. The van der Waals surface area contributed by atoms with Crippen molar-refractivity contribution in [1.82, 2.24) is 9.80 Å². The molecule has 2 atom stereocenters. The van der Waals surface area contributed by atoms with E-state index in [1.807, 2.05) is 54.3 Å². The van der Waals surface area contributed by atoms with E-state index in [-0.39, 0.29) is 24.7 Å². The van der Waals surface area contributed by atoms with Gasteiger partial charge in [-0.25, -0.2) is 4.79 Å². The van der Waals surface area contributed by atoms with Crippen LogP contribution in [0.3, 0.4) is 0 Å². The van der Waals surface area contributed by atoms with Gasteiger partial charge in [-0.15, -0.1) is 0 Å². The number of hydrogen-bond acceptors (Lipinski definition) is 7. The maximum absolute atomic E-state index is 12.8. The van der Waals surface area contributed by atoms with Gasteiger partial charge in [0, 0.05) is 44.0 Å². The number of benzene rings is 2. The first-order chi connectivity index (χ1) is 17.9. The molecule has 37 heavy (non-hydrogen) atoms. The molecule has 0 aliphatic carbocycles. The third-order valence-electron chi connectivity index (χ3n) is 7.06. The zero-order chi connectivity index (χ0) is 26.4. The van der Waals surface area contributed by atoms with E-state index in [4.69, 9.17) is 30.8 Å². The normalized spacial score (nSPS) is 17.8. The number of nitrogens with one attached hydrogen (secondary N) is 2. The first-order valence-electron chi connectivity index (χ1n) is 12.9. The quantitative estimate of drug-likeness (QED) is 0.269. The van der Waals surface area contributed by atoms with Crippen molar-refractivity contribution in [2.45, 2.75) is 57.9 Å². The van der Waals surface area contributed by atoms with Crippen LogP contribution < -0.4 is 15.2 Å². The zero-order valence-electron chi connectivity index (χ0n) is 21.6. The number of carbonyl (C=O) groups is 1. The van der Waals surface area contributed by atoms with E-state index in [0.717, 1.165) is 43.7 Å². The zero-order valence-corrected chi connectivity index (χ0v) is 21.6. The number of hydrogen-bond donors (Lipinski definition) is 3. The monoisotopic (exact) mass is 507 g/mol. The van der Waals surface area contributed by atoms with Crippen molar-refractivity contribution in [2.24, 2.45) is 5.73 Å². The third kappa shape index (κ3) is 6.60. The second-order valence-electron chi connectivity index (χ2n) is 9.57. The van der Waals surface area contributed by atoms with Crippen LogP contribution in [0.2, 0.25) is 0 Å². The molecular formula is C28H37N5O4. The Hall–Kier alpha value is -3.59. The van der Waals surface area contributed by atoms with Crippen LogP contribution in [-0.4, -0.2) is 66.3 Å². The number of nitrogens with two attached hydrogens (primary N) is 1. The highest BCUT2D eigenvalue weighted by molar-refractivity contribution is 5.77. The van der Waals surface area contributed by atoms with E-state index in [0.29, 0.717) is 24.4 Å². The van der Waals surface area contributed by atoms with Crippen LogP contribution in [0.15, 0.2) is 42.5 Å². The molecular weight excluding hydrogens is 470 g/mol. The predicted octanol–water partition coefficient (Wildman–Crippen LogP) is 3.50. The van der Waals surface area contributed by atoms with Gasteiger partial charge in [0.2, 0.25) is 6.10 Å². The summed E-state index contributed by atoms with van der Waals surface area (Å²) in [4.78, 5) is 16.9.